The zero-order chi connectivity index (χ0) is 41.0. The van der Waals surface area contributed by atoms with Gasteiger partial charge in [0.25, 0.3) is 0 Å². The van der Waals surface area contributed by atoms with Gasteiger partial charge in [0.1, 0.15) is 24.4 Å². The number of hydrogen-bond donors (Lipinski definition) is 1. The highest BCUT2D eigenvalue weighted by atomic mass is 16.6. The van der Waals surface area contributed by atoms with Gasteiger partial charge in [0.15, 0.2) is 17.8 Å². The van der Waals surface area contributed by atoms with Crippen molar-refractivity contribution in [2.24, 2.45) is 16.7 Å². The van der Waals surface area contributed by atoms with Gasteiger partial charge in [-0.2, -0.15) is 0 Å². The minimum Gasteiger partial charge on any atom is -0.462 e. The molecule has 3 fully saturated rings. The first-order chi connectivity index (χ1) is 26.3. The second-order valence-electron chi connectivity index (χ2n) is 15.9. The fourth-order valence-corrected chi connectivity index (χ4v) is 9.86. The molecule has 1 aliphatic heterocycles. The van der Waals surface area contributed by atoms with Gasteiger partial charge in [0.05, 0.1) is 40.1 Å². The fourth-order valence-electron chi connectivity index (χ4n) is 9.86. The minimum absolute atomic E-state index is 0.0695. The zero-order valence-corrected chi connectivity index (χ0v) is 32.7. The monoisotopic (exact) mass is 776 g/mol. The molecule has 2 saturated carbocycles. The maximum atomic E-state index is 14.5. The van der Waals surface area contributed by atoms with E-state index in [0.29, 0.717) is 5.57 Å². The van der Waals surface area contributed by atoms with Crippen LogP contribution in [0.3, 0.4) is 0 Å². The van der Waals surface area contributed by atoms with Gasteiger partial charge in [-0.15, -0.1) is 0 Å². The number of fused-ring (bicyclic) bond motifs is 4. The Balaban J connectivity index is 1.77. The molecule has 2 aromatic carbocycles. The predicted octanol–water partition coefficient (Wildman–Crippen LogP) is 4.45. The molecule has 56 heavy (non-hydrogen) atoms. The quantitative estimate of drug-likeness (QED) is 0.214. The van der Waals surface area contributed by atoms with Gasteiger partial charge in [-0.05, 0) is 56.2 Å². The Morgan fingerprint density at radius 1 is 0.732 bits per heavy atom. The normalized spacial score (nSPS) is 33.2. The number of aliphatic hydroxyl groups is 1. The van der Waals surface area contributed by atoms with Crippen molar-refractivity contribution < 1.29 is 67.0 Å². The molecule has 1 saturated heterocycles. The number of carbonyl (C=O) groups excluding carboxylic acids is 6. The first-order valence-corrected chi connectivity index (χ1v) is 18.6. The molecule has 300 valence electrons. The highest BCUT2D eigenvalue weighted by Gasteiger charge is 2.81. The molecular weight excluding hydrogens is 728 g/mol. The summed E-state index contributed by atoms with van der Waals surface area (Å²) < 4.78 is 43.8. The van der Waals surface area contributed by atoms with Crippen molar-refractivity contribution in [3.8, 4) is 0 Å². The Morgan fingerprint density at radius 2 is 1.27 bits per heavy atom. The molecule has 14 nitrogen and oxygen atoms in total. The molecule has 2 aromatic rings. The van der Waals surface area contributed by atoms with Crippen molar-refractivity contribution in [3.05, 3.63) is 82.9 Å². The maximum absolute atomic E-state index is 14.5. The average Bonchev–Trinajstić information content (AvgIpc) is 3.37. The van der Waals surface area contributed by atoms with Gasteiger partial charge in [-0.1, -0.05) is 43.3 Å². The lowest BCUT2D eigenvalue weighted by molar-refractivity contribution is -0.352. The van der Waals surface area contributed by atoms with Crippen LogP contribution in [-0.4, -0.2) is 95.4 Å². The zero-order valence-electron chi connectivity index (χ0n) is 32.7. The lowest BCUT2D eigenvalue weighted by Crippen LogP contribution is -2.79. The van der Waals surface area contributed by atoms with Gasteiger partial charge < -0.3 is 38.3 Å². The summed E-state index contributed by atoms with van der Waals surface area (Å²) >= 11 is 0. The number of ether oxygens (including phenoxy) is 7. The molecule has 0 radical (unpaired) electrons. The van der Waals surface area contributed by atoms with Gasteiger partial charge >= 0.3 is 35.8 Å². The van der Waals surface area contributed by atoms with E-state index in [1.807, 2.05) is 0 Å². The summed E-state index contributed by atoms with van der Waals surface area (Å²) in [6.07, 6.45) is -8.24. The Kier molecular flexibility index (Phi) is 10.7. The van der Waals surface area contributed by atoms with Crippen molar-refractivity contribution >= 4 is 35.8 Å². The van der Waals surface area contributed by atoms with Crippen molar-refractivity contribution in [2.75, 3.05) is 6.61 Å². The molecule has 6 rings (SSSR count). The van der Waals surface area contributed by atoms with E-state index in [1.165, 1.54) is 46.8 Å². The van der Waals surface area contributed by atoms with Crippen molar-refractivity contribution in [2.45, 2.75) is 116 Å². The Labute approximate surface area is 324 Å². The van der Waals surface area contributed by atoms with Crippen LogP contribution in [0.1, 0.15) is 88.9 Å². The van der Waals surface area contributed by atoms with Gasteiger partial charge in [0, 0.05) is 40.5 Å². The second-order valence-corrected chi connectivity index (χ2v) is 15.9. The van der Waals surface area contributed by atoms with E-state index in [2.05, 4.69) is 0 Å². The third-order valence-electron chi connectivity index (χ3n) is 12.1. The Bertz CT molecular complexity index is 1930. The largest absolute Gasteiger partial charge is 0.462 e. The Hall–Kier alpha value is -5.08. The lowest BCUT2D eigenvalue weighted by Gasteiger charge is -2.65. The maximum Gasteiger partial charge on any atom is 0.338 e. The highest BCUT2D eigenvalue weighted by molar-refractivity contribution is 5.90. The van der Waals surface area contributed by atoms with E-state index < -0.39 is 100 Å². The third-order valence-corrected chi connectivity index (χ3v) is 12.1. The first-order valence-electron chi connectivity index (χ1n) is 18.6. The summed E-state index contributed by atoms with van der Waals surface area (Å²) in [5.74, 6) is -5.89. The smallest absolute Gasteiger partial charge is 0.338 e. The van der Waals surface area contributed by atoms with E-state index in [-0.39, 0.29) is 36.1 Å². The summed E-state index contributed by atoms with van der Waals surface area (Å²) in [5.41, 5.74) is -6.40. The molecule has 0 spiro atoms. The number of rotatable bonds is 9. The summed E-state index contributed by atoms with van der Waals surface area (Å²) in [4.78, 5) is 81.0. The average molecular weight is 777 g/mol. The van der Waals surface area contributed by atoms with Crippen molar-refractivity contribution in [1.82, 2.24) is 0 Å². The predicted molar refractivity (Wildman–Crippen MR) is 194 cm³/mol. The number of esters is 6. The van der Waals surface area contributed by atoms with Crippen LogP contribution >= 0.6 is 0 Å². The van der Waals surface area contributed by atoms with Gasteiger partial charge in [0.2, 0.25) is 0 Å². The van der Waals surface area contributed by atoms with E-state index in [4.69, 9.17) is 33.2 Å². The number of hydrogen-bond acceptors (Lipinski definition) is 14. The van der Waals surface area contributed by atoms with Gasteiger partial charge in [-0.25, -0.2) is 9.59 Å². The van der Waals surface area contributed by atoms with Crippen molar-refractivity contribution in [3.63, 3.8) is 0 Å². The van der Waals surface area contributed by atoms with Crippen LogP contribution in [0.15, 0.2) is 71.8 Å². The molecule has 0 amide bonds. The van der Waals surface area contributed by atoms with Crippen LogP contribution in [0.5, 0.6) is 0 Å². The fraction of sp³-hybridized carbons (Fsp3) is 0.524. The van der Waals surface area contributed by atoms with Crippen LogP contribution in [-0.2, 0) is 52.3 Å². The lowest BCUT2D eigenvalue weighted by atomic mass is 9.49. The first kappa shape index (κ1) is 40.6. The standard InChI is InChI=1S/C42H48O14/c1-22-29(51-23(2)43)20-41(39(6,7)49)32(22)33(54-37(47)27-15-11-9-12-16-27)35(53-25(4)45)40(8)30(52-24(3)44)19-31-42(21-50-31,56-26(5)46)34(40)36(41)55-38(48)28-17-13-10-14-18-28/h9-18,29-31,33-36,49H,19-21H2,1-8H3/t29-,30-,31+,33+,34-,35-,36-,40+,41-,42-/m0/s1. The number of benzene rings is 2. The van der Waals surface area contributed by atoms with E-state index in [0.717, 1.165) is 6.92 Å². The van der Waals surface area contributed by atoms with E-state index in [9.17, 15) is 33.9 Å². The summed E-state index contributed by atoms with van der Waals surface area (Å²) in [7, 11) is 0. The molecule has 1 heterocycles. The van der Waals surface area contributed by atoms with E-state index in [1.54, 1.807) is 62.4 Å². The molecule has 1 N–H and O–H groups in total. The van der Waals surface area contributed by atoms with Gasteiger partial charge in [-0.3, -0.25) is 19.2 Å². The summed E-state index contributed by atoms with van der Waals surface area (Å²) in [5, 5.41) is 12.8. The van der Waals surface area contributed by atoms with Crippen LogP contribution in [0.2, 0.25) is 0 Å². The minimum atomic E-state index is -1.94. The molecule has 0 aromatic heterocycles. The third kappa shape index (κ3) is 6.66. The van der Waals surface area contributed by atoms with Crippen LogP contribution in [0.4, 0.5) is 0 Å². The Morgan fingerprint density at radius 3 is 1.73 bits per heavy atom. The van der Waals surface area contributed by atoms with Crippen molar-refractivity contribution in [1.29, 1.82) is 0 Å². The van der Waals surface area contributed by atoms with E-state index >= 15 is 0 Å². The SMILES string of the molecule is CC(=O)O[C@H]1C[C@]2(C(C)(C)O)C(=C1C)[C@@H](OC(=O)c1ccccc1)[C@H](OC(C)=O)[C@]1(C)[C@@H](OC(C)=O)C[C@H]3OC[C@@]3(OC(C)=O)[C@H]1[C@@H]2OC(=O)c1ccccc1. The molecule has 0 bridgehead atoms. The van der Waals surface area contributed by atoms with Crippen LogP contribution in [0, 0.1) is 16.7 Å². The molecular formula is C42H48O14. The molecule has 0 unspecified atom stereocenters. The number of carbonyl (C=O) groups is 6. The summed E-state index contributed by atoms with van der Waals surface area (Å²) in [6.45, 7) is 10.8. The highest BCUT2D eigenvalue weighted by Crippen LogP contribution is 2.69. The van der Waals surface area contributed by atoms with Crippen LogP contribution in [0.25, 0.3) is 0 Å². The molecule has 3 aliphatic carbocycles. The molecule has 10 atom stereocenters. The molecule has 4 aliphatic rings. The summed E-state index contributed by atoms with van der Waals surface area (Å²) in [6, 6.07) is 16.1. The topological polar surface area (TPSA) is 187 Å². The van der Waals surface area contributed by atoms with Crippen LogP contribution < -0.4 is 0 Å². The molecule has 14 heteroatoms. The second kappa shape index (κ2) is 14.8.